The summed E-state index contributed by atoms with van der Waals surface area (Å²) in [6.07, 6.45) is -3.91. The summed E-state index contributed by atoms with van der Waals surface area (Å²) >= 11 is 0. The molecule has 1 aromatic carbocycles. The number of hydrogen-bond donors (Lipinski definition) is 1. The van der Waals surface area contributed by atoms with Crippen LogP contribution in [0.25, 0.3) is 22.4 Å². The number of halogens is 3. The lowest BCUT2D eigenvalue weighted by atomic mass is 10.2. The molecule has 1 N–H and O–H groups in total. The molecule has 0 aliphatic heterocycles. The van der Waals surface area contributed by atoms with Crippen LogP contribution in [0.4, 0.5) is 13.2 Å². The van der Waals surface area contributed by atoms with Crippen molar-refractivity contribution in [2.75, 3.05) is 6.61 Å². The number of ether oxygens (including phenoxy) is 1. The van der Waals surface area contributed by atoms with Crippen molar-refractivity contribution in [3.63, 3.8) is 0 Å². The number of oxazole rings is 1. The van der Waals surface area contributed by atoms with Crippen LogP contribution >= 0.6 is 0 Å². The first-order chi connectivity index (χ1) is 10.9. The van der Waals surface area contributed by atoms with Crippen LogP contribution in [0, 0.1) is 0 Å². The molecule has 0 fully saturated rings. The van der Waals surface area contributed by atoms with Gasteiger partial charge >= 0.3 is 12.1 Å². The van der Waals surface area contributed by atoms with Gasteiger partial charge in [0.05, 0.1) is 17.5 Å². The van der Waals surface area contributed by atoms with Gasteiger partial charge in [0.15, 0.2) is 5.82 Å². The molecule has 6 nitrogen and oxygen atoms in total. The molecule has 0 atom stereocenters. The van der Waals surface area contributed by atoms with Crippen molar-refractivity contribution >= 4 is 10.9 Å². The highest BCUT2D eigenvalue weighted by molar-refractivity contribution is 5.80. The van der Waals surface area contributed by atoms with E-state index < -0.39 is 17.6 Å². The Morgan fingerprint density at radius 3 is 2.74 bits per heavy atom. The lowest BCUT2D eigenvalue weighted by Crippen LogP contribution is -2.10. The van der Waals surface area contributed by atoms with Crippen LogP contribution in [0.5, 0.6) is 5.75 Å². The van der Waals surface area contributed by atoms with Crippen molar-refractivity contribution < 1.29 is 22.3 Å². The lowest BCUT2D eigenvalue weighted by Gasteiger charge is -2.04. The molecule has 0 unspecified atom stereocenters. The van der Waals surface area contributed by atoms with Crippen molar-refractivity contribution in [1.29, 1.82) is 0 Å². The van der Waals surface area contributed by atoms with Crippen LogP contribution in [0.15, 0.2) is 33.7 Å². The standard InChI is InChI=1S/C14H10F3N3O3/c1-2-22-7-3-4-9-8(5-7)12(21)20-11(18-9)10-6-23-13(19-10)14(15,16)17/h3-6H,2H2,1H3,(H,18,20,21). The van der Waals surface area contributed by atoms with E-state index in [-0.39, 0.29) is 16.9 Å². The molecule has 0 saturated heterocycles. The van der Waals surface area contributed by atoms with Crippen molar-refractivity contribution in [2.45, 2.75) is 13.1 Å². The summed E-state index contributed by atoms with van der Waals surface area (Å²) in [5, 5.41) is 0.263. The molecule has 0 spiro atoms. The maximum Gasteiger partial charge on any atom is 0.468 e. The number of benzene rings is 1. The van der Waals surface area contributed by atoms with Gasteiger partial charge in [0.1, 0.15) is 17.7 Å². The predicted octanol–water partition coefficient (Wildman–Crippen LogP) is 3.00. The van der Waals surface area contributed by atoms with Crippen LogP contribution < -0.4 is 10.3 Å². The molecule has 0 saturated carbocycles. The molecule has 0 bridgehead atoms. The Kier molecular flexibility index (Phi) is 3.55. The first kappa shape index (κ1) is 15.1. The summed E-state index contributed by atoms with van der Waals surface area (Å²) in [5.41, 5.74) is -0.405. The predicted molar refractivity (Wildman–Crippen MR) is 74.0 cm³/mol. The Labute approximate surface area is 126 Å². The number of nitrogens with zero attached hydrogens (tertiary/aromatic N) is 2. The fourth-order valence-electron chi connectivity index (χ4n) is 2.01. The van der Waals surface area contributed by atoms with Gasteiger partial charge in [-0.25, -0.2) is 9.97 Å². The minimum Gasteiger partial charge on any atom is -0.494 e. The van der Waals surface area contributed by atoms with Crippen LogP contribution in [-0.4, -0.2) is 21.6 Å². The average Bonchev–Trinajstić information content (AvgIpc) is 2.98. The Hall–Kier alpha value is -2.84. The number of rotatable bonds is 3. The quantitative estimate of drug-likeness (QED) is 0.800. The molecule has 9 heteroatoms. The highest BCUT2D eigenvalue weighted by atomic mass is 19.4. The normalized spacial score (nSPS) is 11.8. The molecule has 23 heavy (non-hydrogen) atoms. The van der Waals surface area contributed by atoms with E-state index in [1.54, 1.807) is 19.1 Å². The molecule has 0 aliphatic rings. The van der Waals surface area contributed by atoms with Gasteiger partial charge in [-0.15, -0.1) is 0 Å². The van der Waals surface area contributed by atoms with E-state index in [1.165, 1.54) is 6.07 Å². The Bertz CT molecular complexity index is 915. The van der Waals surface area contributed by atoms with Gasteiger partial charge in [-0.1, -0.05) is 0 Å². The first-order valence-corrected chi connectivity index (χ1v) is 6.58. The number of nitrogens with one attached hydrogen (secondary N) is 1. The number of hydrogen-bond acceptors (Lipinski definition) is 5. The topological polar surface area (TPSA) is 81.0 Å². The number of alkyl halides is 3. The highest BCUT2D eigenvalue weighted by Gasteiger charge is 2.37. The number of fused-ring (bicyclic) bond motifs is 1. The van der Waals surface area contributed by atoms with Gasteiger partial charge < -0.3 is 14.1 Å². The largest absolute Gasteiger partial charge is 0.494 e. The van der Waals surface area contributed by atoms with Crippen LogP contribution in [-0.2, 0) is 6.18 Å². The fourth-order valence-corrected chi connectivity index (χ4v) is 2.01. The van der Waals surface area contributed by atoms with Crippen LogP contribution in [0.2, 0.25) is 0 Å². The smallest absolute Gasteiger partial charge is 0.468 e. The number of H-pyrrole nitrogens is 1. The molecule has 0 aliphatic carbocycles. The van der Waals surface area contributed by atoms with E-state index in [2.05, 4.69) is 19.4 Å². The molecule has 3 rings (SSSR count). The summed E-state index contributed by atoms with van der Waals surface area (Å²) in [5.74, 6) is -1.01. The van der Waals surface area contributed by atoms with Gasteiger partial charge in [-0.3, -0.25) is 4.79 Å². The second-order valence-electron chi connectivity index (χ2n) is 4.56. The molecule has 3 aromatic rings. The monoisotopic (exact) mass is 325 g/mol. The van der Waals surface area contributed by atoms with Gasteiger partial charge in [-0.05, 0) is 25.1 Å². The Balaban J connectivity index is 2.08. The van der Waals surface area contributed by atoms with Gasteiger partial charge in [0, 0.05) is 0 Å². The third-order valence-corrected chi connectivity index (χ3v) is 2.98. The van der Waals surface area contributed by atoms with Crippen LogP contribution in [0.3, 0.4) is 0 Å². The second-order valence-corrected chi connectivity index (χ2v) is 4.56. The Morgan fingerprint density at radius 2 is 2.09 bits per heavy atom. The summed E-state index contributed by atoms with van der Waals surface area (Å²) in [7, 11) is 0. The molecule has 2 aromatic heterocycles. The van der Waals surface area contributed by atoms with Crippen molar-refractivity contribution in [2.24, 2.45) is 0 Å². The van der Waals surface area contributed by atoms with E-state index in [1.807, 2.05) is 0 Å². The minimum atomic E-state index is -4.71. The number of aromatic nitrogens is 3. The summed E-state index contributed by atoms with van der Waals surface area (Å²) in [6, 6.07) is 4.67. The SMILES string of the molecule is CCOc1ccc2nc(-c3coc(C(F)(F)F)n3)[nH]c(=O)c2c1. The molecule has 2 heterocycles. The van der Waals surface area contributed by atoms with E-state index in [9.17, 15) is 18.0 Å². The zero-order valence-electron chi connectivity index (χ0n) is 11.8. The van der Waals surface area contributed by atoms with Crippen molar-refractivity contribution in [3.8, 4) is 17.3 Å². The third-order valence-electron chi connectivity index (χ3n) is 2.98. The third kappa shape index (κ3) is 2.89. The van der Waals surface area contributed by atoms with Crippen molar-refractivity contribution in [3.05, 3.63) is 40.7 Å². The summed E-state index contributed by atoms with van der Waals surface area (Å²) in [6.45, 7) is 2.24. The second kappa shape index (κ2) is 5.41. The Morgan fingerprint density at radius 1 is 1.30 bits per heavy atom. The maximum absolute atomic E-state index is 12.5. The molecular weight excluding hydrogens is 315 g/mol. The molecule has 0 radical (unpaired) electrons. The number of aromatic amines is 1. The van der Waals surface area contributed by atoms with Gasteiger partial charge in [0.2, 0.25) is 0 Å². The zero-order chi connectivity index (χ0) is 16.6. The van der Waals surface area contributed by atoms with E-state index in [4.69, 9.17) is 4.74 Å². The van der Waals surface area contributed by atoms with Gasteiger partial charge in [0.25, 0.3) is 5.56 Å². The highest BCUT2D eigenvalue weighted by Crippen LogP contribution is 2.30. The summed E-state index contributed by atoms with van der Waals surface area (Å²) in [4.78, 5) is 21.9. The minimum absolute atomic E-state index is 0.106. The van der Waals surface area contributed by atoms with E-state index in [0.717, 1.165) is 6.26 Å². The van der Waals surface area contributed by atoms with Gasteiger partial charge in [-0.2, -0.15) is 13.2 Å². The van der Waals surface area contributed by atoms with Crippen LogP contribution in [0.1, 0.15) is 12.8 Å². The first-order valence-electron chi connectivity index (χ1n) is 6.58. The van der Waals surface area contributed by atoms with Crippen molar-refractivity contribution in [1.82, 2.24) is 15.0 Å². The molecule has 120 valence electrons. The zero-order valence-corrected chi connectivity index (χ0v) is 11.8. The fraction of sp³-hybridized carbons (Fsp3) is 0.214. The molecule has 0 amide bonds. The van der Waals surface area contributed by atoms with E-state index >= 15 is 0 Å². The molecular formula is C14H10F3N3O3. The average molecular weight is 325 g/mol. The summed E-state index contributed by atoms with van der Waals surface area (Å²) < 4.78 is 47.2. The van der Waals surface area contributed by atoms with E-state index in [0.29, 0.717) is 17.9 Å². The lowest BCUT2D eigenvalue weighted by molar-refractivity contribution is -0.157. The maximum atomic E-state index is 12.5.